The van der Waals surface area contributed by atoms with Crippen molar-refractivity contribution in [2.75, 3.05) is 0 Å². The molecule has 0 saturated heterocycles. The molecule has 0 spiro atoms. The molecule has 0 aliphatic rings. The zero-order chi connectivity index (χ0) is 23.5. The Morgan fingerprint density at radius 1 is 1.18 bits per heavy atom. The minimum Gasteiger partial charge on any atom is -0.457 e. The fourth-order valence-electron chi connectivity index (χ4n) is 4.19. The number of esters is 1. The highest BCUT2D eigenvalue weighted by Crippen LogP contribution is 2.28. The lowest BCUT2D eigenvalue weighted by Crippen LogP contribution is -2.09. The molecule has 0 saturated carbocycles. The van der Waals surface area contributed by atoms with Gasteiger partial charge in [-0.25, -0.2) is 9.59 Å². The molecule has 0 N–H and O–H groups in total. The number of carbonyl (C=O) groups is 1. The van der Waals surface area contributed by atoms with Crippen LogP contribution in [-0.2, 0) is 22.7 Å². The van der Waals surface area contributed by atoms with Gasteiger partial charge in [0.15, 0.2) is 0 Å². The van der Waals surface area contributed by atoms with Crippen molar-refractivity contribution in [3.8, 4) is 6.07 Å². The van der Waals surface area contributed by atoms with Gasteiger partial charge in [-0.3, -0.25) is 0 Å². The molecule has 2 aromatic carbocycles. The first-order valence-corrected chi connectivity index (χ1v) is 10.8. The van der Waals surface area contributed by atoms with Crippen LogP contribution in [0.4, 0.5) is 0 Å². The highest BCUT2D eigenvalue weighted by molar-refractivity contribution is 6.07. The van der Waals surface area contributed by atoms with Gasteiger partial charge in [0.25, 0.3) is 0 Å². The molecule has 0 aliphatic carbocycles. The molecule has 4 aromatic rings. The van der Waals surface area contributed by atoms with Gasteiger partial charge in [0.05, 0.1) is 0 Å². The van der Waals surface area contributed by atoms with Crippen molar-refractivity contribution >= 4 is 33.8 Å². The summed E-state index contributed by atoms with van der Waals surface area (Å²) in [6.07, 6.45) is 2.55. The summed E-state index contributed by atoms with van der Waals surface area (Å²) in [5, 5.41) is 12.2. The van der Waals surface area contributed by atoms with E-state index in [0.29, 0.717) is 16.5 Å². The minimum atomic E-state index is -0.737. The molecule has 0 aliphatic heterocycles. The number of carbonyl (C=O) groups excluding carboxylic acids is 1. The maximum atomic E-state index is 12.7. The van der Waals surface area contributed by atoms with E-state index in [2.05, 4.69) is 11.5 Å². The van der Waals surface area contributed by atoms with Gasteiger partial charge in [0.2, 0.25) is 0 Å². The van der Waals surface area contributed by atoms with Crippen molar-refractivity contribution in [1.82, 2.24) is 4.57 Å². The number of nitrogens with zero attached hydrogens (tertiary/aromatic N) is 2. The highest BCUT2D eigenvalue weighted by atomic mass is 16.5. The Balaban J connectivity index is 1.65. The van der Waals surface area contributed by atoms with Gasteiger partial charge < -0.3 is 13.7 Å². The van der Waals surface area contributed by atoms with E-state index in [4.69, 9.17) is 9.15 Å². The van der Waals surface area contributed by atoms with Crippen molar-refractivity contribution in [2.24, 2.45) is 0 Å². The predicted octanol–water partition coefficient (Wildman–Crippen LogP) is 5.42. The Labute approximate surface area is 191 Å². The zero-order valence-corrected chi connectivity index (χ0v) is 18.8. The molecular weight excluding hydrogens is 416 g/mol. The number of ether oxygens (including phenoxy) is 1. The lowest BCUT2D eigenvalue weighted by molar-refractivity contribution is -0.139. The summed E-state index contributed by atoms with van der Waals surface area (Å²) < 4.78 is 13.0. The zero-order valence-electron chi connectivity index (χ0n) is 18.8. The molecule has 33 heavy (non-hydrogen) atoms. The number of benzene rings is 2. The van der Waals surface area contributed by atoms with Crippen molar-refractivity contribution in [2.45, 2.75) is 40.3 Å². The van der Waals surface area contributed by atoms with Gasteiger partial charge in [-0.2, -0.15) is 5.26 Å². The minimum absolute atomic E-state index is 0.0936. The van der Waals surface area contributed by atoms with Crippen molar-refractivity contribution in [3.05, 3.63) is 87.0 Å². The standard InChI is InChI=1S/C27H24N2O4/c1-4-11-29-17(2)12-20(18(29)3)13-21(15-28)27(31)32-16-22-14-25(30)33-24-10-9-19-7-5-6-8-23(19)26(22)24/h5-10,12-14H,4,11,16H2,1-3H3. The van der Waals surface area contributed by atoms with Gasteiger partial charge in [0, 0.05) is 34.9 Å². The third-order valence-electron chi connectivity index (χ3n) is 5.77. The van der Waals surface area contributed by atoms with E-state index >= 15 is 0 Å². The average Bonchev–Trinajstić information content (AvgIpc) is 3.07. The Kier molecular flexibility index (Phi) is 6.14. The molecular formula is C27H24N2O4. The first-order valence-electron chi connectivity index (χ1n) is 10.8. The second-order valence-electron chi connectivity index (χ2n) is 7.97. The molecule has 0 fully saturated rings. The monoisotopic (exact) mass is 440 g/mol. The second kappa shape index (κ2) is 9.17. The molecule has 2 aromatic heterocycles. The number of aromatic nitrogens is 1. The van der Waals surface area contributed by atoms with Crippen LogP contribution in [0, 0.1) is 25.2 Å². The van der Waals surface area contributed by atoms with E-state index in [1.165, 1.54) is 6.07 Å². The van der Waals surface area contributed by atoms with E-state index in [9.17, 15) is 14.9 Å². The SMILES string of the molecule is CCCn1c(C)cc(C=C(C#N)C(=O)OCc2cc(=O)oc3ccc4ccccc4c23)c1C. The molecule has 4 rings (SSSR count). The molecule has 0 bridgehead atoms. The van der Waals surface area contributed by atoms with Crippen LogP contribution in [0.25, 0.3) is 27.8 Å². The molecule has 0 atom stereocenters. The number of fused-ring (bicyclic) bond motifs is 3. The summed E-state index contributed by atoms with van der Waals surface area (Å²) in [6.45, 7) is 6.79. The Hall–Kier alpha value is -4.11. The largest absolute Gasteiger partial charge is 0.457 e. The fraction of sp³-hybridized carbons (Fsp3) is 0.222. The van der Waals surface area contributed by atoms with Gasteiger partial charge in [-0.15, -0.1) is 0 Å². The van der Waals surface area contributed by atoms with Crippen molar-refractivity contribution < 1.29 is 13.9 Å². The van der Waals surface area contributed by atoms with Crippen LogP contribution in [0.3, 0.4) is 0 Å². The molecule has 0 amide bonds. The number of hydrogen-bond acceptors (Lipinski definition) is 5. The summed E-state index contributed by atoms with van der Waals surface area (Å²) in [6, 6.07) is 16.6. The van der Waals surface area contributed by atoms with Crippen molar-refractivity contribution in [1.29, 1.82) is 5.26 Å². The fourth-order valence-corrected chi connectivity index (χ4v) is 4.19. The third-order valence-corrected chi connectivity index (χ3v) is 5.77. The van der Waals surface area contributed by atoms with E-state index in [1.807, 2.05) is 56.3 Å². The van der Waals surface area contributed by atoms with Crippen molar-refractivity contribution in [3.63, 3.8) is 0 Å². The summed E-state index contributed by atoms with van der Waals surface area (Å²) in [5.74, 6) is -0.737. The Morgan fingerprint density at radius 2 is 1.97 bits per heavy atom. The first kappa shape index (κ1) is 22.1. The van der Waals surface area contributed by atoms with Gasteiger partial charge >= 0.3 is 11.6 Å². The predicted molar refractivity (Wildman–Crippen MR) is 128 cm³/mol. The summed E-state index contributed by atoms with van der Waals surface area (Å²) >= 11 is 0. The van der Waals surface area contributed by atoms with Crippen LogP contribution in [-0.4, -0.2) is 10.5 Å². The first-order chi connectivity index (χ1) is 15.9. The number of rotatable bonds is 6. The normalized spacial score (nSPS) is 11.6. The van der Waals surface area contributed by atoms with Crippen LogP contribution >= 0.6 is 0 Å². The number of aryl methyl sites for hydroxylation is 1. The summed E-state index contributed by atoms with van der Waals surface area (Å²) in [7, 11) is 0. The maximum absolute atomic E-state index is 12.7. The lowest BCUT2D eigenvalue weighted by Gasteiger charge is -2.09. The van der Waals surface area contributed by atoms with E-state index in [-0.39, 0.29) is 12.2 Å². The quantitative estimate of drug-likeness (QED) is 0.131. The topological polar surface area (TPSA) is 85.2 Å². The maximum Gasteiger partial charge on any atom is 0.349 e. The molecule has 6 nitrogen and oxygen atoms in total. The lowest BCUT2D eigenvalue weighted by atomic mass is 10.0. The van der Waals surface area contributed by atoms with Crippen LogP contribution in [0.15, 0.2) is 63.3 Å². The Bertz CT molecular complexity index is 1500. The van der Waals surface area contributed by atoms with Gasteiger partial charge in [-0.05, 0) is 54.8 Å². The average molecular weight is 440 g/mol. The smallest absolute Gasteiger partial charge is 0.349 e. The van der Waals surface area contributed by atoms with Crippen LogP contribution in [0.1, 0.15) is 35.9 Å². The van der Waals surface area contributed by atoms with Crippen LogP contribution in [0.2, 0.25) is 0 Å². The van der Waals surface area contributed by atoms with E-state index in [0.717, 1.165) is 40.7 Å². The van der Waals surface area contributed by atoms with Gasteiger partial charge in [-0.1, -0.05) is 37.3 Å². The summed E-state index contributed by atoms with van der Waals surface area (Å²) in [4.78, 5) is 24.8. The van der Waals surface area contributed by atoms with Gasteiger partial charge in [0.1, 0.15) is 23.8 Å². The van der Waals surface area contributed by atoms with Crippen LogP contribution in [0.5, 0.6) is 0 Å². The highest BCUT2D eigenvalue weighted by Gasteiger charge is 2.16. The van der Waals surface area contributed by atoms with Crippen LogP contribution < -0.4 is 5.63 Å². The molecule has 166 valence electrons. The summed E-state index contributed by atoms with van der Waals surface area (Å²) in [5.41, 5.74) is 3.21. The van der Waals surface area contributed by atoms with E-state index < -0.39 is 11.6 Å². The Morgan fingerprint density at radius 3 is 2.73 bits per heavy atom. The molecule has 0 radical (unpaired) electrons. The van der Waals surface area contributed by atoms with E-state index in [1.54, 1.807) is 12.1 Å². The number of nitriles is 1. The molecule has 6 heteroatoms. The second-order valence-corrected chi connectivity index (χ2v) is 7.97. The number of hydrogen-bond donors (Lipinski definition) is 0. The third kappa shape index (κ3) is 4.31. The molecule has 2 heterocycles. The molecule has 0 unspecified atom stereocenters.